The quantitative estimate of drug-likeness (QED) is 0.159. The highest BCUT2D eigenvalue weighted by Gasteiger charge is 2.29. The summed E-state index contributed by atoms with van der Waals surface area (Å²) < 4.78 is 67.8. The van der Waals surface area contributed by atoms with Gasteiger partial charge in [0.1, 0.15) is 11.9 Å². The second-order valence-electron chi connectivity index (χ2n) is 12.7. The van der Waals surface area contributed by atoms with Crippen LogP contribution in [0.4, 0.5) is 37.7 Å². The lowest BCUT2D eigenvalue weighted by molar-refractivity contribution is -0.663. The van der Waals surface area contributed by atoms with E-state index in [9.17, 15) is 26.3 Å². The zero-order valence-corrected chi connectivity index (χ0v) is 29.0. The number of anilines is 2. The predicted octanol–water partition coefficient (Wildman–Crippen LogP) is 5.42. The molecule has 0 fully saturated rings. The minimum Gasteiger partial charge on any atom is -0.542 e. The molecule has 0 amide bonds. The average Bonchev–Trinajstić information content (AvgIpc) is 3.11. The van der Waals surface area contributed by atoms with E-state index < -0.39 is 24.3 Å². The van der Waals surface area contributed by atoms with Gasteiger partial charge in [-0.3, -0.25) is 0 Å². The maximum absolute atomic E-state index is 10.5. The number of nitrogens with zero attached hydrogens (tertiary/aromatic N) is 2. The van der Waals surface area contributed by atoms with Crippen molar-refractivity contribution in [3.8, 4) is 0 Å². The number of hydrogen-bond acceptors (Lipinski definition) is 6. The first-order chi connectivity index (χ1) is 25.5. The number of carboxylic acid groups (broad SMARTS) is 2. The second kappa shape index (κ2) is 16.2. The molecule has 4 aromatic carbocycles. The molecule has 4 aliphatic heterocycles. The topological polar surface area (TPSA) is 112 Å². The third-order valence-electron chi connectivity index (χ3n) is 8.49. The first kappa shape index (κ1) is 39.0. The van der Waals surface area contributed by atoms with Gasteiger partial charge in [-0.05, 0) is 54.3 Å². The molecule has 6 aromatic rings. The molecule has 14 heteroatoms. The van der Waals surface area contributed by atoms with Gasteiger partial charge in [0, 0.05) is 48.5 Å². The third-order valence-corrected chi connectivity index (χ3v) is 8.49. The Morgan fingerprint density at radius 3 is 1.28 bits per heavy atom. The molecule has 0 atom stereocenters. The minimum atomic E-state index is -5.19. The first-order valence-electron chi connectivity index (χ1n) is 16.5. The van der Waals surface area contributed by atoms with Gasteiger partial charge in [-0.1, -0.05) is 54.6 Å². The molecule has 8 nitrogen and oxygen atoms in total. The summed E-state index contributed by atoms with van der Waals surface area (Å²) in [6.45, 7) is 7.54. The summed E-state index contributed by atoms with van der Waals surface area (Å²) in [4.78, 5) is 17.6. The number of nitrogens with one attached hydrogen (secondary N) is 2. The fraction of sp³-hybridized carbons (Fsp3) is 0.200. The number of hydrogen-bond donors (Lipinski definition) is 2. The lowest BCUT2D eigenvalue weighted by Gasteiger charge is -2.12. The second-order valence-corrected chi connectivity index (χ2v) is 12.7. The normalized spacial score (nSPS) is 12.7. The molecule has 280 valence electrons. The zero-order chi connectivity index (χ0) is 39.2. The molecule has 0 saturated heterocycles. The molecule has 10 rings (SSSR count). The Bertz CT molecular complexity index is 2150. The Labute approximate surface area is 305 Å². The van der Waals surface area contributed by atoms with Crippen LogP contribution in [0, 0.1) is 13.8 Å². The predicted molar refractivity (Wildman–Crippen MR) is 186 cm³/mol. The maximum Gasteiger partial charge on any atom is 0.430 e. The van der Waals surface area contributed by atoms with Gasteiger partial charge in [-0.25, -0.2) is 0 Å². The van der Waals surface area contributed by atoms with E-state index in [2.05, 4.69) is 143 Å². The first-order valence-corrected chi connectivity index (χ1v) is 16.5. The molecule has 6 heterocycles. The van der Waals surface area contributed by atoms with E-state index >= 15 is 0 Å². The van der Waals surface area contributed by atoms with E-state index in [4.69, 9.17) is 19.8 Å². The van der Waals surface area contributed by atoms with E-state index in [0.29, 0.717) is 0 Å². The number of fused-ring (bicyclic) bond motifs is 1. The van der Waals surface area contributed by atoms with Crippen LogP contribution in [0.2, 0.25) is 0 Å². The van der Waals surface area contributed by atoms with E-state index in [1.807, 2.05) is 0 Å². The largest absolute Gasteiger partial charge is 0.542 e. The molecule has 2 N–H and O–H groups in total. The Hall–Kier alpha value is -6.18. The molecular formula is C40H34F6N4O4. The van der Waals surface area contributed by atoms with Crippen molar-refractivity contribution in [1.29, 1.82) is 0 Å². The summed E-state index contributed by atoms with van der Waals surface area (Å²) in [7, 11) is 0. The maximum atomic E-state index is 10.5. The van der Waals surface area contributed by atoms with Crippen molar-refractivity contribution in [3.05, 3.63) is 143 Å². The number of pyridine rings is 2. The van der Waals surface area contributed by atoms with Gasteiger partial charge in [0.2, 0.25) is 11.0 Å². The van der Waals surface area contributed by atoms with E-state index in [1.54, 1.807) is 0 Å². The van der Waals surface area contributed by atoms with Crippen LogP contribution in [-0.2, 0) is 35.8 Å². The monoisotopic (exact) mass is 748 g/mol. The fourth-order valence-corrected chi connectivity index (χ4v) is 5.87. The highest BCUT2D eigenvalue weighted by molar-refractivity contribution is 5.90. The molecule has 54 heavy (non-hydrogen) atoms. The lowest BCUT2D eigenvalue weighted by atomic mass is 10.1. The van der Waals surface area contributed by atoms with Crippen LogP contribution in [0.15, 0.2) is 109 Å². The molecule has 0 radical (unpaired) electrons. The van der Waals surface area contributed by atoms with Crippen molar-refractivity contribution in [3.63, 3.8) is 0 Å². The van der Waals surface area contributed by atoms with Crippen molar-refractivity contribution >= 4 is 45.1 Å². The van der Waals surface area contributed by atoms with E-state index in [1.165, 1.54) is 66.6 Å². The molecule has 0 spiro atoms. The van der Waals surface area contributed by atoms with Crippen LogP contribution in [0.5, 0.6) is 0 Å². The van der Waals surface area contributed by atoms with Gasteiger partial charge < -0.3 is 30.4 Å². The van der Waals surface area contributed by atoms with Crippen LogP contribution in [0.25, 0.3) is 21.8 Å². The van der Waals surface area contributed by atoms with Gasteiger partial charge in [0.25, 0.3) is 0 Å². The molecule has 0 unspecified atom stereocenters. The number of alkyl halides is 6. The van der Waals surface area contributed by atoms with Gasteiger partial charge in [-0.15, -0.1) is 0 Å². The number of aryl methyl sites for hydroxylation is 2. The summed E-state index contributed by atoms with van der Waals surface area (Å²) in [5.74, 6) is -6.01. The lowest BCUT2D eigenvalue weighted by Crippen LogP contribution is -2.37. The number of carbonyl (C=O) groups excluding carboxylic acids is 2. The molecule has 0 aliphatic carbocycles. The molecule has 0 saturated carbocycles. The van der Waals surface area contributed by atoms with Crippen LogP contribution >= 0.6 is 0 Å². The van der Waals surface area contributed by atoms with Crippen LogP contribution in [0.1, 0.15) is 33.4 Å². The highest BCUT2D eigenvalue weighted by Crippen LogP contribution is 2.25. The summed E-state index contributed by atoms with van der Waals surface area (Å²) in [5.41, 5.74) is 12.5. The van der Waals surface area contributed by atoms with E-state index in [0.717, 1.165) is 26.2 Å². The van der Waals surface area contributed by atoms with Gasteiger partial charge in [0.15, 0.2) is 25.5 Å². The standard InChI is InChI=1S/C36H32N4.2C2HF3O2/c1-25-6-12-35-31(18-25)33-14-16-39(35)23-29-4-3-5-30(20-29)24-40-17-15-34(32-19-26(2)7-13-36(32)40)38-22-28-10-8-27(9-11-28)21-37-33;2*3-2(4,5)1(6)7/h3-20H,21-24H2,1-2H3;2*(H,6,7). The number of aliphatic carboxylic acids is 2. The van der Waals surface area contributed by atoms with Gasteiger partial charge >= 0.3 is 12.4 Å². The molecule has 2 aromatic heterocycles. The van der Waals surface area contributed by atoms with Crippen LogP contribution in [-0.4, -0.2) is 24.3 Å². The van der Waals surface area contributed by atoms with Crippen molar-refractivity contribution < 1.29 is 55.3 Å². The number of benzene rings is 4. The zero-order valence-electron chi connectivity index (χ0n) is 29.0. The summed E-state index contributed by atoms with van der Waals surface area (Å²) in [6, 6.07) is 35.9. The number of rotatable bonds is 0. The summed E-state index contributed by atoms with van der Waals surface area (Å²) in [6.07, 6.45) is -5.96. The Morgan fingerprint density at radius 2 is 0.926 bits per heavy atom. The number of aromatic nitrogens is 2. The Morgan fingerprint density at radius 1 is 0.556 bits per heavy atom. The fourth-order valence-electron chi connectivity index (χ4n) is 5.87. The van der Waals surface area contributed by atoms with Crippen molar-refractivity contribution in [2.24, 2.45) is 0 Å². The molecular weight excluding hydrogens is 714 g/mol. The summed E-state index contributed by atoms with van der Waals surface area (Å²) >= 11 is 0. The van der Waals surface area contributed by atoms with Crippen LogP contribution in [0.3, 0.4) is 0 Å². The highest BCUT2D eigenvalue weighted by atomic mass is 19.4. The summed E-state index contributed by atoms with van der Waals surface area (Å²) in [5, 5.41) is 27.5. The minimum absolute atomic E-state index is 0.783. The number of halogens is 6. The van der Waals surface area contributed by atoms with Gasteiger partial charge in [-0.2, -0.15) is 35.5 Å². The average molecular weight is 749 g/mol. The van der Waals surface area contributed by atoms with E-state index in [-0.39, 0.29) is 0 Å². The number of carboxylic acids is 2. The van der Waals surface area contributed by atoms with Crippen molar-refractivity contribution in [2.45, 2.75) is 52.4 Å². The van der Waals surface area contributed by atoms with Crippen molar-refractivity contribution in [1.82, 2.24) is 0 Å². The van der Waals surface area contributed by atoms with Crippen molar-refractivity contribution in [2.75, 3.05) is 10.6 Å². The SMILES string of the molecule is Cc1ccc2c(c1)c1cc[n+]2Cc2cccc(c2)C[n+]2ccc(c3cc(C)ccc32)NCc2ccc(cc2)CN1.O=C([O-])C(F)(F)F.O=C([O-])C(F)(F)F. The Kier molecular flexibility index (Phi) is 11.7. The van der Waals surface area contributed by atoms with Crippen LogP contribution < -0.4 is 30.0 Å². The third kappa shape index (κ3) is 10.0. The molecule has 8 bridgehead atoms. The molecule has 4 aliphatic rings. The number of carbonyl (C=O) groups is 2. The van der Waals surface area contributed by atoms with Gasteiger partial charge in [0.05, 0.1) is 22.1 Å². The smallest absolute Gasteiger partial charge is 0.430 e. The Balaban J connectivity index is 0.000000342.